The van der Waals surface area contributed by atoms with Gasteiger partial charge in [-0.1, -0.05) is 18.2 Å². The van der Waals surface area contributed by atoms with E-state index in [0.29, 0.717) is 5.56 Å². The Morgan fingerprint density at radius 1 is 1.19 bits per heavy atom. The highest BCUT2D eigenvalue weighted by atomic mass is 19.3. The molecular formula is C16H15F2NO2. The molecule has 110 valence electrons. The number of aryl methyl sites for hydroxylation is 1. The van der Waals surface area contributed by atoms with Crippen LogP contribution in [0.3, 0.4) is 0 Å². The van der Waals surface area contributed by atoms with E-state index in [4.69, 9.17) is 0 Å². The van der Waals surface area contributed by atoms with Gasteiger partial charge in [0.15, 0.2) is 0 Å². The largest absolute Gasteiger partial charge is 0.435 e. The first-order valence-electron chi connectivity index (χ1n) is 6.82. The van der Waals surface area contributed by atoms with Gasteiger partial charge in [-0.05, 0) is 42.2 Å². The molecular weight excluding hydrogens is 276 g/mol. The summed E-state index contributed by atoms with van der Waals surface area (Å²) in [5, 5.41) is 10.5. The summed E-state index contributed by atoms with van der Waals surface area (Å²) < 4.78 is 28.5. The fourth-order valence-electron chi connectivity index (χ4n) is 2.83. The number of hydrogen-bond donors (Lipinski definition) is 1. The lowest BCUT2D eigenvalue weighted by molar-refractivity contribution is -0.0498. The smallest absolute Gasteiger partial charge is 0.387 e. The van der Waals surface area contributed by atoms with Crippen molar-refractivity contribution in [2.24, 2.45) is 0 Å². The third-order valence-corrected chi connectivity index (χ3v) is 3.83. The van der Waals surface area contributed by atoms with Gasteiger partial charge in [0.2, 0.25) is 0 Å². The number of alkyl halides is 2. The Kier molecular flexibility index (Phi) is 3.84. The van der Waals surface area contributed by atoms with Crippen molar-refractivity contribution in [1.82, 2.24) is 4.98 Å². The maximum Gasteiger partial charge on any atom is 0.387 e. The van der Waals surface area contributed by atoms with Crippen molar-refractivity contribution < 1.29 is 18.6 Å². The highest BCUT2D eigenvalue weighted by Crippen LogP contribution is 2.40. The second-order valence-electron chi connectivity index (χ2n) is 5.09. The van der Waals surface area contributed by atoms with E-state index in [9.17, 15) is 13.9 Å². The maximum absolute atomic E-state index is 12.1. The molecule has 1 N–H and O–H groups in total. The Labute approximate surface area is 121 Å². The molecule has 2 aromatic rings. The van der Waals surface area contributed by atoms with Crippen molar-refractivity contribution in [3.8, 4) is 5.75 Å². The molecule has 0 fully saturated rings. The molecule has 0 saturated carbocycles. The topological polar surface area (TPSA) is 42.4 Å². The third-order valence-electron chi connectivity index (χ3n) is 3.83. The molecule has 0 amide bonds. The van der Waals surface area contributed by atoms with Crippen LogP contribution in [0.4, 0.5) is 8.78 Å². The van der Waals surface area contributed by atoms with Crippen LogP contribution in [-0.4, -0.2) is 16.7 Å². The quantitative estimate of drug-likeness (QED) is 0.938. The second-order valence-corrected chi connectivity index (χ2v) is 5.09. The summed E-state index contributed by atoms with van der Waals surface area (Å²) in [6.45, 7) is -2.84. The number of benzene rings is 1. The van der Waals surface area contributed by atoms with E-state index in [2.05, 4.69) is 9.72 Å². The van der Waals surface area contributed by atoms with Crippen molar-refractivity contribution in [2.75, 3.05) is 0 Å². The highest BCUT2D eigenvalue weighted by Gasteiger charge is 2.30. The number of nitrogens with zero attached hydrogens (tertiary/aromatic N) is 1. The monoisotopic (exact) mass is 291 g/mol. The molecule has 5 heteroatoms. The van der Waals surface area contributed by atoms with Crippen LogP contribution in [0.2, 0.25) is 0 Å². The third kappa shape index (κ3) is 2.88. The highest BCUT2D eigenvalue weighted by molar-refractivity contribution is 5.34. The summed E-state index contributed by atoms with van der Waals surface area (Å²) >= 11 is 0. The first-order valence-corrected chi connectivity index (χ1v) is 6.82. The summed E-state index contributed by atoms with van der Waals surface area (Å²) in [7, 11) is 0. The van der Waals surface area contributed by atoms with Crippen LogP contribution in [0.1, 0.15) is 35.3 Å². The van der Waals surface area contributed by atoms with Gasteiger partial charge in [0.05, 0.1) is 6.10 Å². The SMILES string of the molecule is OC(c1ccc(OC(F)F)cc1)C1CCc2cccnc21. The van der Waals surface area contributed by atoms with Gasteiger partial charge in [0.1, 0.15) is 5.75 Å². The lowest BCUT2D eigenvalue weighted by Gasteiger charge is -2.19. The van der Waals surface area contributed by atoms with Gasteiger partial charge in [0.25, 0.3) is 0 Å². The Morgan fingerprint density at radius 3 is 2.67 bits per heavy atom. The van der Waals surface area contributed by atoms with E-state index < -0.39 is 12.7 Å². The van der Waals surface area contributed by atoms with Crippen LogP contribution >= 0.6 is 0 Å². The average molecular weight is 291 g/mol. The predicted octanol–water partition coefficient (Wildman–Crippen LogP) is 3.45. The fraction of sp³-hybridized carbons (Fsp3) is 0.312. The Bertz CT molecular complexity index is 616. The van der Waals surface area contributed by atoms with Crippen molar-refractivity contribution in [3.05, 3.63) is 59.4 Å². The van der Waals surface area contributed by atoms with Crippen molar-refractivity contribution in [1.29, 1.82) is 0 Å². The molecule has 0 spiro atoms. The van der Waals surface area contributed by atoms with Crippen LogP contribution in [0.15, 0.2) is 42.6 Å². The zero-order valence-corrected chi connectivity index (χ0v) is 11.2. The van der Waals surface area contributed by atoms with E-state index in [1.165, 1.54) is 17.7 Å². The Hall–Kier alpha value is -2.01. The second kappa shape index (κ2) is 5.77. The van der Waals surface area contributed by atoms with Gasteiger partial charge in [-0.2, -0.15) is 8.78 Å². The van der Waals surface area contributed by atoms with Crippen LogP contribution in [0.5, 0.6) is 5.75 Å². The maximum atomic E-state index is 12.1. The zero-order valence-electron chi connectivity index (χ0n) is 11.2. The summed E-state index contributed by atoms with van der Waals surface area (Å²) in [4.78, 5) is 4.36. The fourth-order valence-corrected chi connectivity index (χ4v) is 2.83. The Balaban J connectivity index is 1.78. The molecule has 1 aromatic heterocycles. The van der Waals surface area contributed by atoms with Gasteiger partial charge in [0, 0.05) is 17.8 Å². The molecule has 0 bridgehead atoms. The number of aliphatic hydroxyl groups is 1. The average Bonchev–Trinajstić information content (AvgIpc) is 2.90. The van der Waals surface area contributed by atoms with Crippen molar-refractivity contribution >= 4 is 0 Å². The number of aliphatic hydroxyl groups excluding tert-OH is 1. The standard InChI is InChI=1S/C16H15F2NO2/c17-16(18)21-12-6-3-11(4-7-12)15(20)13-8-5-10-2-1-9-19-14(10)13/h1-4,6-7,9,13,15-16,20H,5,8H2. The first kappa shape index (κ1) is 13.9. The van der Waals surface area contributed by atoms with Crippen molar-refractivity contribution in [2.45, 2.75) is 31.5 Å². The number of ether oxygens (including phenoxy) is 1. The predicted molar refractivity (Wildman–Crippen MR) is 73.3 cm³/mol. The van der Waals surface area contributed by atoms with Crippen LogP contribution in [0.25, 0.3) is 0 Å². The number of rotatable bonds is 4. The number of halogens is 2. The molecule has 2 unspecified atom stereocenters. The van der Waals surface area contributed by atoms with Crippen molar-refractivity contribution in [3.63, 3.8) is 0 Å². The van der Waals surface area contributed by atoms with E-state index >= 15 is 0 Å². The number of fused-ring (bicyclic) bond motifs is 1. The lowest BCUT2D eigenvalue weighted by atomic mass is 9.93. The van der Waals surface area contributed by atoms with Gasteiger partial charge >= 0.3 is 6.61 Å². The molecule has 3 nitrogen and oxygen atoms in total. The first-order chi connectivity index (χ1) is 10.1. The Morgan fingerprint density at radius 2 is 1.95 bits per heavy atom. The summed E-state index contributed by atoms with van der Waals surface area (Å²) in [5.74, 6) is 0.0361. The van der Waals surface area contributed by atoms with E-state index in [-0.39, 0.29) is 11.7 Å². The molecule has 3 rings (SSSR count). The van der Waals surface area contributed by atoms with Crippen LogP contribution in [0, 0.1) is 0 Å². The number of hydrogen-bond acceptors (Lipinski definition) is 3. The van der Waals surface area contributed by atoms with E-state index in [0.717, 1.165) is 18.5 Å². The van der Waals surface area contributed by atoms with Crippen LogP contribution in [-0.2, 0) is 6.42 Å². The minimum absolute atomic E-state index is 0.0527. The molecule has 1 aliphatic rings. The van der Waals surface area contributed by atoms with Gasteiger partial charge in [-0.15, -0.1) is 0 Å². The minimum Gasteiger partial charge on any atom is -0.435 e. The molecule has 0 saturated heterocycles. The molecule has 2 atom stereocenters. The van der Waals surface area contributed by atoms with Crippen LogP contribution < -0.4 is 4.74 Å². The normalized spacial score (nSPS) is 18.6. The molecule has 1 heterocycles. The summed E-state index contributed by atoms with van der Waals surface area (Å²) in [6, 6.07) is 10.0. The van der Waals surface area contributed by atoms with Gasteiger partial charge in [-0.25, -0.2) is 0 Å². The summed E-state index contributed by atoms with van der Waals surface area (Å²) in [5.41, 5.74) is 2.78. The van der Waals surface area contributed by atoms with Gasteiger partial charge in [-0.3, -0.25) is 4.98 Å². The minimum atomic E-state index is -2.84. The number of pyridine rings is 1. The zero-order chi connectivity index (χ0) is 14.8. The summed E-state index contributed by atoms with van der Waals surface area (Å²) in [6.07, 6.45) is 2.77. The van der Waals surface area contributed by atoms with E-state index in [1.807, 2.05) is 12.1 Å². The molecule has 0 radical (unpaired) electrons. The molecule has 21 heavy (non-hydrogen) atoms. The van der Waals surface area contributed by atoms with Gasteiger partial charge < -0.3 is 9.84 Å². The van der Waals surface area contributed by atoms with E-state index in [1.54, 1.807) is 18.3 Å². The molecule has 1 aromatic carbocycles. The number of aromatic nitrogens is 1. The molecule has 1 aliphatic carbocycles. The molecule has 0 aliphatic heterocycles. The lowest BCUT2D eigenvalue weighted by Crippen LogP contribution is -2.09.